The van der Waals surface area contributed by atoms with Crippen molar-refractivity contribution in [1.82, 2.24) is 0 Å². The maximum Gasteiger partial charge on any atom is 0.138 e. The summed E-state index contributed by atoms with van der Waals surface area (Å²) in [5.74, 6) is 1.24. The van der Waals surface area contributed by atoms with E-state index in [1.54, 1.807) is 7.11 Å². The third-order valence-corrected chi connectivity index (χ3v) is 5.60. The molecule has 0 aliphatic heterocycles. The first-order valence-electron chi connectivity index (χ1n) is 8.37. The lowest BCUT2D eigenvalue weighted by Crippen LogP contribution is -2.30. The van der Waals surface area contributed by atoms with E-state index in [0.717, 1.165) is 39.8 Å². The third-order valence-electron chi connectivity index (χ3n) is 4.66. The number of Topliss-reactive ketones (excluding diaryl/α,β-unsaturated/α-hetero) is 1. The molecule has 0 unspecified atom stereocenters. The molecule has 3 nitrogen and oxygen atoms in total. The highest BCUT2D eigenvalue weighted by Crippen LogP contribution is 2.36. The standard InChI is InChI=1S/C20H22INO2/c1-24-15-12-10-14(11-13-15)20(16-6-2-5-9-19(16)23)22-18-8-4-3-7-17(18)21/h3-4,7-8,10-13,16,20,22H,2,5-6,9H2,1H3/t16-,20-/m1/s1. The number of hydrogen-bond donors (Lipinski definition) is 1. The van der Waals surface area contributed by atoms with Gasteiger partial charge in [0.15, 0.2) is 0 Å². The summed E-state index contributed by atoms with van der Waals surface area (Å²) in [4.78, 5) is 12.5. The van der Waals surface area contributed by atoms with Gasteiger partial charge in [-0.15, -0.1) is 0 Å². The Morgan fingerprint density at radius 3 is 2.54 bits per heavy atom. The Hall–Kier alpha value is -1.56. The molecule has 0 spiro atoms. The molecular formula is C20H22INO2. The lowest BCUT2D eigenvalue weighted by Gasteiger charge is -2.31. The molecule has 3 rings (SSSR count). The topological polar surface area (TPSA) is 38.3 Å². The molecule has 0 bridgehead atoms. The zero-order chi connectivity index (χ0) is 16.9. The van der Waals surface area contributed by atoms with Crippen LogP contribution in [0.2, 0.25) is 0 Å². The second-order valence-electron chi connectivity index (χ2n) is 6.19. The number of anilines is 1. The first kappa shape index (κ1) is 17.3. The van der Waals surface area contributed by atoms with Gasteiger partial charge >= 0.3 is 0 Å². The molecule has 1 saturated carbocycles. The number of methoxy groups -OCH3 is 1. The van der Waals surface area contributed by atoms with E-state index >= 15 is 0 Å². The van der Waals surface area contributed by atoms with Crippen molar-refractivity contribution in [2.45, 2.75) is 31.7 Å². The van der Waals surface area contributed by atoms with Gasteiger partial charge in [-0.1, -0.05) is 30.7 Å². The van der Waals surface area contributed by atoms with Crippen LogP contribution in [0.5, 0.6) is 5.75 Å². The fraction of sp³-hybridized carbons (Fsp3) is 0.350. The number of ketones is 1. The van der Waals surface area contributed by atoms with Gasteiger partial charge in [0.2, 0.25) is 0 Å². The van der Waals surface area contributed by atoms with Crippen LogP contribution in [0.1, 0.15) is 37.3 Å². The number of hydrogen-bond acceptors (Lipinski definition) is 3. The summed E-state index contributed by atoms with van der Waals surface area (Å²) in [5.41, 5.74) is 2.22. The molecule has 1 fully saturated rings. The monoisotopic (exact) mass is 435 g/mol. The number of carbonyl (C=O) groups is 1. The quantitative estimate of drug-likeness (QED) is 0.656. The predicted molar refractivity (Wildman–Crippen MR) is 105 cm³/mol. The van der Waals surface area contributed by atoms with Crippen LogP contribution < -0.4 is 10.1 Å². The van der Waals surface area contributed by atoms with Gasteiger partial charge in [-0.2, -0.15) is 0 Å². The summed E-state index contributed by atoms with van der Waals surface area (Å²) in [6.07, 6.45) is 3.79. The van der Waals surface area contributed by atoms with E-state index in [2.05, 4.69) is 52.2 Å². The van der Waals surface area contributed by atoms with Crippen molar-refractivity contribution in [3.63, 3.8) is 0 Å². The van der Waals surface area contributed by atoms with Crippen LogP contribution in [0.4, 0.5) is 5.69 Å². The lowest BCUT2D eigenvalue weighted by atomic mass is 9.80. The molecule has 2 atom stereocenters. The number of para-hydroxylation sites is 1. The highest BCUT2D eigenvalue weighted by Gasteiger charge is 2.31. The average molecular weight is 435 g/mol. The van der Waals surface area contributed by atoms with Crippen molar-refractivity contribution in [1.29, 1.82) is 0 Å². The fourth-order valence-corrected chi connectivity index (χ4v) is 3.88. The largest absolute Gasteiger partial charge is 0.497 e. The zero-order valence-electron chi connectivity index (χ0n) is 13.8. The van der Waals surface area contributed by atoms with E-state index in [9.17, 15) is 4.79 Å². The summed E-state index contributed by atoms with van der Waals surface area (Å²) in [5, 5.41) is 3.63. The van der Waals surface area contributed by atoms with Crippen LogP contribution in [0.3, 0.4) is 0 Å². The van der Waals surface area contributed by atoms with E-state index < -0.39 is 0 Å². The van der Waals surface area contributed by atoms with Gasteiger partial charge < -0.3 is 10.1 Å². The molecule has 1 aliphatic rings. The van der Waals surface area contributed by atoms with Crippen molar-refractivity contribution in [3.05, 3.63) is 57.7 Å². The Kier molecular flexibility index (Phi) is 5.76. The minimum Gasteiger partial charge on any atom is -0.497 e. The molecule has 4 heteroatoms. The summed E-state index contributed by atoms with van der Waals surface area (Å²) >= 11 is 2.33. The Balaban J connectivity index is 1.93. The minimum atomic E-state index is -0.000350. The summed E-state index contributed by atoms with van der Waals surface area (Å²) in [6, 6.07) is 16.3. The van der Waals surface area contributed by atoms with Gasteiger partial charge in [-0.25, -0.2) is 0 Å². The fourth-order valence-electron chi connectivity index (χ4n) is 3.34. The molecule has 2 aromatic carbocycles. The predicted octanol–water partition coefficient (Wildman–Crippen LogP) is 5.21. The van der Waals surface area contributed by atoms with Crippen LogP contribution in [0, 0.1) is 9.49 Å². The van der Waals surface area contributed by atoms with E-state index in [1.807, 2.05) is 24.3 Å². The molecule has 0 radical (unpaired) electrons. The average Bonchev–Trinajstić information content (AvgIpc) is 2.62. The van der Waals surface area contributed by atoms with E-state index in [4.69, 9.17) is 4.74 Å². The van der Waals surface area contributed by atoms with Crippen LogP contribution in [-0.2, 0) is 4.79 Å². The van der Waals surface area contributed by atoms with Crippen LogP contribution in [0.25, 0.3) is 0 Å². The number of carbonyl (C=O) groups excluding carboxylic acids is 1. The number of ether oxygens (including phenoxy) is 1. The van der Waals surface area contributed by atoms with Gasteiger partial charge in [-0.05, 0) is 65.3 Å². The van der Waals surface area contributed by atoms with E-state index in [0.29, 0.717) is 12.2 Å². The zero-order valence-corrected chi connectivity index (χ0v) is 16.0. The SMILES string of the molecule is COc1ccc([C@@H](Nc2ccccc2I)[C@@H]2CCCCC2=O)cc1. The summed E-state index contributed by atoms with van der Waals surface area (Å²) < 4.78 is 6.43. The maximum absolute atomic E-state index is 12.5. The third kappa shape index (κ3) is 3.91. The van der Waals surface area contributed by atoms with Crippen LogP contribution >= 0.6 is 22.6 Å². The number of benzene rings is 2. The lowest BCUT2D eigenvalue weighted by molar-refractivity contribution is -0.125. The molecule has 0 heterocycles. The second-order valence-corrected chi connectivity index (χ2v) is 7.36. The summed E-state index contributed by atoms with van der Waals surface area (Å²) in [6.45, 7) is 0. The molecule has 24 heavy (non-hydrogen) atoms. The second kappa shape index (κ2) is 8.01. The molecular weight excluding hydrogens is 413 g/mol. The highest BCUT2D eigenvalue weighted by atomic mass is 127. The van der Waals surface area contributed by atoms with Gasteiger partial charge in [0, 0.05) is 21.6 Å². The van der Waals surface area contributed by atoms with Crippen molar-refractivity contribution >= 4 is 34.1 Å². The Morgan fingerprint density at radius 2 is 1.88 bits per heavy atom. The molecule has 1 aliphatic carbocycles. The van der Waals surface area contributed by atoms with Gasteiger partial charge in [0.1, 0.15) is 11.5 Å². The van der Waals surface area contributed by atoms with Gasteiger partial charge in [0.25, 0.3) is 0 Å². The molecule has 0 amide bonds. The minimum absolute atomic E-state index is 0.000350. The molecule has 126 valence electrons. The first-order chi connectivity index (χ1) is 11.7. The Bertz CT molecular complexity index is 699. The van der Waals surface area contributed by atoms with E-state index in [-0.39, 0.29) is 12.0 Å². The highest BCUT2D eigenvalue weighted by molar-refractivity contribution is 14.1. The molecule has 2 aromatic rings. The molecule has 0 aromatic heterocycles. The first-order valence-corrected chi connectivity index (χ1v) is 9.44. The molecule has 1 N–H and O–H groups in total. The maximum atomic E-state index is 12.5. The molecule has 0 saturated heterocycles. The smallest absolute Gasteiger partial charge is 0.138 e. The van der Waals surface area contributed by atoms with E-state index in [1.165, 1.54) is 0 Å². The van der Waals surface area contributed by atoms with Gasteiger partial charge in [-0.3, -0.25) is 4.79 Å². The Labute approximate surface area is 156 Å². The van der Waals surface area contributed by atoms with Crippen molar-refractivity contribution in [2.75, 3.05) is 12.4 Å². The van der Waals surface area contributed by atoms with Crippen LogP contribution in [-0.4, -0.2) is 12.9 Å². The number of rotatable bonds is 5. The van der Waals surface area contributed by atoms with Crippen LogP contribution in [0.15, 0.2) is 48.5 Å². The number of nitrogens with one attached hydrogen (secondary N) is 1. The van der Waals surface area contributed by atoms with Crippen molar-refractivity contribution in [2.24, 2.45) is 5.92 Å². The Morgan fingerprint density at radius 1 is 1.12 bits per heavy atom. The van der Waals surface area contributed by atoms with Crippen molar-refractivity contribution in [3.8, 4) is 5.75 Å². The van der Waals surface area contributed by atoms with Crippen molar-refractivity contribution < 1.29 is 9.53 Å². The van der Waals surface area contributed by atoms with Gasteiger partial charge in [0.05, 0.1) is 13.2 Å². The summed E-state index contributed by atoms with van der Waals surface area (Å²) in [7, 11) is 1.67. The number of halogens is 1. The normalized spacial score (nSPS) is 18.9.